The van der Waals surface area contributed by atoms with Crippen LogP contribution in [0.25, 0.3) is 0 Å². The minimum absolute atomic E-state index is 1.07. The normalized spacial score (nSPS) is 12.8. The van der Waals surface area contributed by atoms with Crippen LogP contribution in [0.15, 0.2) is 36.1 Å². The van der Waals surface area contributed by atoms with Crippen molar-refractivity contribution in [2.24, 2.45) is 0 Å². The van der Waals surface area contributed by atoms with Crippen molar-refractivity contribution in [2.75, 3.05) is 0 Å². The van der Waals surface area contributed by atoms with Gasteiger partial charge in [-0.15, -0.1) is 6.58 Å². The van der Waals surface area contributed by atoms with Crippen molar-refractivity contribution in [1.82, 2.24) is 0 Å². The Labute approximate surface area is 84.1 Å². The van der Waals surface area contributed by atoms with Crippen LogP contribution in [0, 0.1) is 0 Å². The highest BCUT2D eigenvalue weighted by molar-refractivity contribution is 6.83. The van der Waals surface area contributed by atoms with Gasteiger partial charge >= 0.3 is 0 Å². The van der Waals surface area contributed by atoms with Gasteiger partial charge in [-0.2, -0.15) is 0 Å². The molecule has 0 aromatic rings. The molecule has 0 nitrogen and oxygen atoms in total. The van der Waals surface area contributed by atoms with E-state index in [0.29, 0.717) is 0 Å². The molecule has 13 heavy (non-hydrogen) atoms. The molecule has 0 N–H and O–H groups in total. The van der Waals surface area contributed by atoms with E-state index in [1.165, 1.54) is 10.8 Å². The molecule has 0 aliphatic carbocycles. The Morgan fingerprint density at radius 2 is 1.77 bits per heavy atom. The summed E-state index contributed by atoms with van der Waals surface area (Å²) >= 11 is 0. The maximum absolute atomic E-state index is 4.04. The lowest BCUT2D eigenvalue weighted by atomic mass is 10.2. The molecule has 0 unspecified atom stereocenters. The minimum atomic E-state index is -1.17. The molecule has 0 aromatic carbocycles. The van der Waals surface area contributed by atoms with Crippen molar-refractivity contribution in [1.29, 1.82) is 0 Å². The van der Waals surface area contributed by atoms with Crippen LogP contribution in [0.1, 0.15) is 19.8 Å². The monoisotopic (exact) mass is 194 g/mol. The third-order valence-corrected chi connectivity index (χ3v) is 4.23. The predicted molar refractivity (Wildman–Crippen MR) is 65.7 cm³/mol. The van der Waals surface area contributed by atoms with Crippen LogP contribution < -0.4 is 0 Å². The highest BCUT2D eigenvalue weighted by Gasteiger charge is 2.19. The molecule has 1 heteroatoms. The van der Waals surface area contributed by atoms with Gasteiger partial charge in [0, 0.05) is 0 Å². The van der Waals surface area contributed by atoms with Crippen molar-refractivity contribution >= 4 is 8.07 Å². The minimum Gasteiger partial charge on any atom is -0.103 e. The molecule has 0 aromatic heterocycles. The molecule has 0 saturated carbocycles. The largest absolute Gasteiger partial charge is 0.103 e. The lowest BCUT2D eigenvalue weighted by Crippen LogP contribution is -2.24. The molecule has 0 heterocycles. The third-order valence-electron chi connectivity index (χ3n) is 1.99. The van der Waals surface area contributed by atoms with Gasteiger partial charge < -0.3 is 0 Å². The molecular formula is C12H22Si. The van der Waals surface area contributed by atoms with Gasteiger partial charge in [-0.25, -0.2) is 0 Å². The first kappa shape index (κ1) is 12.4. The van der Waals surface area contributed by atoms with Crippen molar-refractivity contribution in [3.63, 3.8) is 0 Å². The summed E-state index contributed by atoms with van der Waals surface area (Å²) in [7, 11) is -1.17. The maximum atomic E-state index is 4.04. The molecular weight excluding hydrogens is 172 g/mol. The zero-order valence-corrected chi connectivity index (χ0v) is 10.5. The van der Waals surface area contributed by atoms with E-state index in [-0.39, 0.29) is 0 Å². The topological polar surface area (TPSA) is 0 Å². The van der Waals surface area contributed by atoms with Gasteiger partial charge in [0.25, 0.3) is 0 Å². The molecule has 0 aliphatic rings. The standard InChI is InChI=1S/C12H22Si/c1-7-8-9-10-12(11(2)3)13(4,5)6/h7,10H,1-2,8-9H2,3-6H3/b12-10-. The fourth-order valence-corrected chi connectivity index (χ4v) is 3.50. The van der Waals surface area contributed by atoms with Gasteiger partial charge in [0.1, 0.15) is 0 Å². The Morgan fingerprint density at radius 1 is 1.23 bits per heavy atom. The number of hydrogen-bond acceptors (Lipinski definition) is 0. The van der Waals surface area contributed by atoms with Crippen LogP contribution in [0.4, 0.5) is 0 Å². The first-order chi connectivity index (χ1) is 5.89. The molecule has 0 rings (SSSR count). The van der Waals surface area contributed by atoms with E-state index in [1.54, 1.807) is 0 Å². The summed E-state index contributed by atoms with van der Waals surface area (Å²) in [4.78, 5) is 0. The molecule has 0 fully saturated rings. The van der Waals surface area contributed by atoms with Crippen LogP contribution in [0.3, 0.4) is 0 Å². The van der Waals surface area contributed by atoms with Crippen molar-refractivity contribution in [3.8, 4) is 0 Å². The van der Waals surface area contributed by atoms with E-state index in [9.17, 15) is 0 Å². The number of allylic oxidation sites excluding steroid dienone is 4. The first-order valence-corrected chi connectivity index (χ1v) is 8.37. The van der Waals surface area contributed by atoms with E-state index in [2.05, 4.69) is 45.8 Å². The second-order valence-electron chi connectivity index (χ2n) is 4.51. The van der Waals surface area contributed by atoms with Crippen molar-refractivity contribution < 1.29 is 0 Å². The molecule has 0 saturated heterocycles. The lowest BCUT2D eigenvalue weighted by molar-refractivity contribution is 1.05. The van der Waals surface area contributed by atoms with Gasteiger partial charge in [-0.1, -0.05) is 49.1 Å². The SMILES string of the molecule is C=CCC/C=C(/C(=C)C)[Si](C)(C)C. The van der Waals surface area contributed by atoms with Gasteiger partial charge in [-0.3, -0.25) is 0 Å². The summed E-state index contributed by atoms with van der Waals surface area (Å²) in [6, 6.07) is 0. The summed E-state index contributed by atoms with van der Waals surface area (Å²) < 4.78 is 0. The first-order valence-electron chi connectivity index (χ1n) is 4.87. The van der Waals surface area contributed by atoms with Crippen molar-refractivity contribution in [3.05, 3.63) is 36.1 Å². The highest BCUT2D eigenvalue weighted by Crippen LogP contribution is 2.21. The van der Waals surface area contributed by atoms with Crippen LogP contribution in [0.5, 0.6) is 0 Å². The number of rotatable bonds is 5. The lowest BCUT2D eigenvalue weighted by Gasteiger charge is -2.21. The van der Waals surface area contributed by atoms with E-state index in [0.717, 1.165) is 12.8 Å². The summed E-state index contributed by atoms with van der Waals surface area (Å²) in [5.41, 5.74) is 1.24. The van der Waals surface area contributed by atoms with E-state index >= 15 is 0 Å². The van der Waals surface area contributed by atoms with Crippen LogP contribution in [-0.4, -0.2) is 8.07 Å². The zero-order valence-electron chi connectivity index (χ0n) is 9.48. The second-order valence-corrected chi connectivity index (χ2v) is 9.55. The Kier molecular flexibility index (Phi) is 5.00. The quantitative estimate of drug-likeness (QED) is 0.264. The van der Waals surface area contributed by atoms with Crippen LogP contribution in [0.2, 0.25) is 19.6 Å². The fourth-order valence-electron chi connectivity index (χ4n) is 1.47. The molecule has 0 atom stereocenters. The molecule has 0 aliphatic heterocycles. The summed E-state index contributed by atoms with van der Waals surface area (Å²) in [5, 5.41) is 1.51. The Bertz CT molecular complexity index is 216. The van der Waals surface area contributed by atoms with Crippen molar-refractivity contribution in [2.45, 2.75) is 39.4 Å². The summed E-state index contributed by atoms with van der Waals surface area (Å²) in [6.45, 7) is 17.0. The predicted octanol–water partition coefficient (Wildman–Crippen LogP) is 4.33. The van der Waals surface area contributed by atoms with Gasteiger partial charge in [-0.05, 0) is 19.8 Å². The fraction of sp³-hybridized carbons (Fsp3) is 0.500. The van der Waals surface area contributed by atoms with E-state index in [1.807, 2.05) is 6.08 Å². The molecule has 0 radical (unpaired) electrons. The van der Waals surface area contributed by atoms with E-state index < -0.39 is 8.07 Å². The summed E-state index contributed by atoms with van der Waals surface area (Å²) in [5.74, 6) is 0. The van der Waals surface area contributed by atoms with Gasteiger partial charge in [0.15, 0.2) is 0 Å². The summed E-state index contributed by atoms with van der Waals surface area (Å²) in [6.07, 6.45) is 6.49. The average molecular weight is 194 g/mol. The van der Waals surface area contributed by atoms with Crippen LogP contribution in [-0.2, 0) is 0 Å². The zero-order chi connectivity index (χ0) is 10.5. The maximum Gasteiger partial charge on any atom is 0.0774 e. The Morgan fingerprint density at radius 3 is 2.08 bits per heavy atom. The second kappa shape index (κ2) is 5.23. The van der Waals surface area contributed by atoms with Gasteiger partial charge in [0.2, 0.25) is 0 Å². The smallest absolute Gasteiger partial charge is 0.0774 e. The number of unbranched alkanes of at least 4 members (excludes halogenated alkanes) is 1. The average Bonchev–Trinajstić information content (AvgIpc) is 1.94. The Hall–Kier alpha value is -0.563. The van der Waals surface area contributed by atoms with Gasteiger partial charge in [0.05, 0.1) is 8.07 Å². The molecule has 74 valence electrons. The molecule has 0 bridgehead atoms. The van der Waals surface area contributed by atoms with Crippen LogP contribution >= 0.6 is 0 Å². The highest BCUT2D eigenvalue weighted by atomic mass is 28.3. The number of hydrogen-bond donors (Lipinski definition) is 0. The molecule has 0 amide bonds. The Balaban J connectivity index is 4.52. The van der Waals surface area contributed by atoms with E-state index in [4.69, 9.17) is 0 Å². The molecule has 0 spiro atoms. The third kappa shape index (κ3) is 4.89.